The summed E-state index contributed by atoms with van der Waals surface area (Å²) >= 11 is 3.32. The van der Waals surface area contributed by atoms with Crippen LogP contribution in [0.5, 0.6) is 5.75 Å². The fourth-order valence-electron chi connectivity index (χ4n) is 1.89. The number of hydrogen-bond donors (Lipinski definition) is 2. The zero-order chi connectivity index (χ0) is 15.2. The van der Waals surface area contributed by atoms with E-state index in [0.29, 0.717) is 12.2 Å². The molecule has 2 rings (SSSR count). The molecule has 0 saturated carbocycles. The van der Waals surface area contributed by atoms with Gasteiger partial charge >= 0.3 is 0 Å². The van der Waals surface area contributed by atoms with Gasteiger partial charge in [-0.1, -0.05) is 15.9 Å². The number of halogens is 1. The van der Waals surface area contributed by atoms with Crippen LogP contribution in [-0.4, -0.2) is 30.4 Å². The summed E-state index contributed by atoms with van der Waals surface area (Å²) in [6.07, 6.45) is 0.726. The summed E-state index contributed by atoms with van der Waals surface area (Å²) in [6.45, 7) is 0.223. The molecule has 6 nitrogen and oxygen atoms in total. The first-order chi connectivity index (χ1) is 10.0. The van der Waals surface area contributed by atoms with Gasteiger partial charge in [0.25, 0.3) is 0 Å². The smallest absolute Gasteiger partial charge is 0.249 e. The van der Waals surface area contributed by atoms with Gasteiger partial charge in [0.2, 0.25) is 17.7 Å². The van der Waals surface area contributed by atoms with E-state index in [9.17, 15) is 14.4 Å². The van der Waals surface area contributed by atoms with Gasteiger partial charge in [-0.05, 0) is 30.7 Å². The van der Waals surface area contributed by atoms with Crippen molar-refractivity contribution in [3.63, 3.8) is 0 Å². The van der Waals surface area contributed by atoms with E-state index in [1.165, 1.54) is 0 Å². The number of benzene rings is 1. The van der Waals surface area contributed by atoms with Crippen molar-refractivity contribution in [2.45, 2.75) is 25.3 Å². The first kappa shape index (κ1) is 15.5. The SMILES string of the molecule is O=C1CCC(NC(=O)CCOc2ccc(Br)cc2)C(=O)N1. The molecule has 0 aliphatic carbocycles. The Balaban J connectivity index is 1.71. The molecular formula is C14H15BrN2O4. The quantitative estimate of drug-likeness (QED) is 0.776. The Kier molecular flexibility index (Phi) is 5.32. The zero-order valence-corrected chi connectivity index (χ0v) is 12.8. The zero-order valence-electron chi connectivity index (χ0n) is 11.2. The first-order valence-electron chi connectivity index (χ1n) is 6.56. The molecular weight excluding hydrogens is 340 g/mol. The second-order valence-electron chi connectivity index (χ2n) is 4.62. The first-order valence-corrected chi connectivity index (χ1v) is 7.35. The lowest BCUT2D eigenvalue weighted by Crippen LogP contribution is -2.52. The average molecular weight is 355 g/mol. The number of hydrogen-bond acceptors (Lipinski definition) is 4. The summed E-state index contributed by atoms with van der Waals surface area (Å²) in [7, 11) is 0. The van der Waals surface area contributed by atoms with Crippen LogP contribution in [0.25, 0.3) is 0 Å². The van der Waals surface area contributed by atoms with Crippen molar-refractivity contribution in [1.29, 1.82) is 0 Å². The Bertz CT molecular complexity index is 544. The van der Waals surface area contributed by atoms with E-state index in [1.807, 2.05) is 12.1 Å². The molecule has 1 aromatic rings. The van der Waals surface area contributed by atoms with Gasteiger partial charge in [-0.2, -0.15) is 0 Å². The fourth-order valence-corrected chi connectivity index (χ4v) is 2.15. The van der Waals surface area contributed by atoms with Gasteiger partial charge in [-0.15, -0.1) is 0 Å². The Labute approximate surface area is 130 Å². The molecule has 0 aromatic heterocycles. The average Bonchev–Trinajstić information content (AvgIpc) is 2.44. The molecule has 0 bridgehead atoms. The van der Waals surface area contributed by atoms with E-state index in [-0.39, 0.29) is 31.3 Å². The summed E-state index contributed by atoms with van der Waals surface area (Å²) in [5, 5.41) is 4.79. The molecule has 2 N–H and O–H groups in total. The number of ether oxygens (including phenoxy) is 1. The Morgan fingerprint density at radius 3 is 2.71 bits per heavy atom. The highest BCUT2D eigenvalue weighted by atomic mass is 79.9. The van der Waals surface area contributed by atoms with Crippen molar-refractivity contribution in [3.05, 3.63) is 28.7 Å². The lowest BCUT2D eigenvalue weighted by molar-refractivity contribution is -0.137. The minimum Gasteiger partial charge on any atom is -0.493 e. The second kappa shape index (κ2) is 7.21. The lowest BCUT2D eigenvalue weighted by atomic mass is 10.1. The predicted molar refractivity (Wildman–Crippen MR) is 78.6 cm³/mol. The predicted octanol–water partition coefficient (Wildman–Crippen LogP) is 1.14. The fraction of sp³-hybridized carbons (Fsp3) is 0.357. The number of imide groups is 1. The summed E-state index contributed by atoms with van der Waals surface area (Å²) < 4.78 is 6.38. The standard InChI is InChI=1S/C14H15BrN2O4/c15-9-1-3-10(4-2-9)21-8-7-13(19)16-11-5-6-12(18)17-14(11)20/h1-4,11H,5-8H2,(H,16,19)(H,17,18,20). The molecule has 1 aliphatic rings. The molecule has 0 spiro atoms. The van der Waals surface area contributed by atoms with Crippen molar-refractivity contribution < 1.29 is 19.1 Å². The van der Waals surface area contributed by atoms with Crippen LogP contribution in [0.2, 0.25) is 0 Å². The Morgan fingerprint density at radius 2 is 2.05 bits per heavy atom. The van der Waals surface area contributed by atoms with Crippen LogP contribution in [0.15, 0.2) is 28.7 Å². The molecule has 112 valence electrons. The van der Waals surface area contributed by atoms with Gasteiger partial charge in [0.1, 0.15) is 11.8 Å². The summed E-state index contributed by atoms with van der Waals surface area (Å²) in [6, 6.07) is 6.64. The highest BCUT2D eigenvalue weighted by Gasteiger charge is 2.27. The number of rotatable bonds is 5. The number of piperidine rings is 1. The van der Waals surface area contributed by atoms with Crippen molar-refractivity contribution in [2.24, 2.45) is 0 Å². The van der Waals surface area contributed by atoms with Gasteiger partial charge in [-0.25, -0.2) is 0 Å². The van der Waals surface area contributed by atoms with Crippen LogP contribution in [-0.2, 0) is 14.4 Å². The molecule has 1 fully saturated rings. The normalized spacial score (nSPS) is 18.0. The summed E-state index contributed by atoms with van der Waals surface area (Å²) in [5.41, 5.74) is 0. The molecule has 1 atom stereocenters. The third-order valence-electron chi connectivity index (χ3n) is 2.99. The van der Waals surface area contributed by atoms with Crippen LogP contribution < -0.4 is 15.4 Å². The van der Waals surface area contributed by atoms with E-state index in [2.05, 4.69) is 26.6 Å². The second-order valence-corrected chi connectivity index (χ2v) is 5.54. The van der Waals surface area contributed by atoms with E-state index >= 15 is 0 Å². The number of nitrogens with one attached hydrogen (secondary N) is 2. The van der Waals surface area contributed by atoms with E-state index in [4.69, 9.17) is 4.74 Å². The molecule has 7 heteroatoms. The maximum atomic E-state index is 11.7. The van der Waals surface area contributed by atoms with E-state index in [1.54, 1.807) is 12.1 Å². The van der Waals surface area contributed by atoms with Gasteiger partial charge in [0.15, 0.2) is 0 Å². The molecule has 21 heavy (non-hydrogen) atoms. The van der Waals surface area contributed by atoms with Crippen molar-refractivity contribution in [2.75, 3.05) is 6.61 Å². The maximum absolute atomic E-state index is 11.7. The highest BCUT2D eigenvalue weighted by molar-refractivity contribution is 9.10. The molecule has 1 aliphatic heterocycles. The largest absolute Gasteiger partial charge is 0.493 e. The maximum Gasteiger partial charge on any atom is 0.249 e. The summed E-state index contributed by atoms with van der Waals surface area (Å²) in [5.74, 6) is -0.355. The van der Waals surface area contributed by atoms with Gasteiger partial charge in [0, 0.05) is 10.9 Å². The lowest BCUT2D eigenvalue weighted by Gasteiger charge is -2.21. The molecule has 1 saturated heterocycles. The van der Waals surface area contributed by atoms with Crippen LogP contribution in [0.4, 0.5) is 0 Å². The van der Waals surface area contributed by atoms with Crippen molar-refractivity contribution in [3.8, 4) is 5.75 Å². The van der Waals surface area contributed by atoms with Gasteiger partial charge in [0.05, 0.1) is 13.0 Å². The Morgan fingerprint density at radius 1 is 1.33 bits per heavy atom. The molecule has 1 heterocycles. The van der Waals surface area contributed by atoms with Crippen LogP contribution >= 0.6 is 15.9 Å². The molecule has 0 radical (unpaired) electrons. The van der Waals surface area contributed by atoms with E-state index in [0.717, 1.165) is 4.47 Å². The third-order valence-corrected chi connectivity index (χ3v) is 3.51. The van der Waals surface area contributed by atoms with Gasteiger partial charge in [-0.3, -0.25) is 19.7 Å². The topological polar surface area (TPSA) is 84.5 Å². The van der Waals surface area contributed by atoms with Crippen molar-refractivity contribution >= 4 is 33.7 Å². The Hall–Kier alpha value is -1.89. The van der Waals surface area contributed by atoms with Crippen LogP contribution in [0.3, 0.4) is 0 Å². The molecule has 1 unspecified atom stereocenters. The minimum atomic E-state index is -0.636. The van der Waals surface area contributed by atoms with Crippen LogP contribution in [0.1, 0.15) is 19.3 Å². The molecule has 1 aromatic carbocycles. The van der Waals surface area contributed by atoms with Crippen molar-refractivity contribution in [1.82, 2.24) is 10.6 Å². The summed E-state index contributed by atoms with van der Waals surface area (Å²) in [4.78, 5) is 34.2. The van der Waals surface area contributed by atoms with Gasteiger partial charge < -0.3 is 10.1 Å². The highest BCUT2D eigenvalue weighted by Crippen LogP contribution is 2.16. The minimum absolute atomic E-state index is 0.147. The number of carbonyl (C=O) groups is 3. The number of amides is 3. The molecule has 3 amide bonds. The van der Waals surface area contributed by atoms with E-state index < -0.39 is 11.9 Å². The monoisotopic (exact) mass is 354 g/mol. The third kappa shape index (κ3) is 4.86. The number of carbonyl (C=O) groups excluding carboxylic acids is 3. The van der Waals surface area contributed by atoms with Crippen LogP contribution in [0, 0.1) is 0 Å².